The molecule has 3 rings (SSSR count). The molecule has 0 bridgehead atoms. The Bertz CT molecular complexity index is 1100. The number of benzene rings is 1. The van der Waals surface area contributed by atoms with E-state index in [0.29, 0.717) is 43.3 Å². The Balaban J connectivity index is 1.88. The van der Waals surface area contributed by atoms with Crippen LogP contribution in [0.3, 0.4) is 0 Å². The van der Waals surface area contributed by atoms with E-state index in [1.54, 1.807) is 36.7 Å². The van der Waals surface area contributed by atoms with Gasteiger partial charge in [0, 0.05) is 50.2 Å². The fourth-order valence-corrected chi connectivity index (χ4v) is 5.14. The van der Waals surface area contributed by atoms with Gasteiger partial charge in [-0.05, 0) is 37.6 Å². The number of rotatable bonds is 8. The van der Waals surface area contributed by atoms with Crippen LogP contribution < -0.4 is 15.2 Å². The van der Waals surface area contributed by atoms with Crippen molar-refractivity contribution in [2.45, 2.75) is 30.8 Å². The van der Waals surface area contributed by atoms with Crippen molar-refractivity contribution in [2.75, 3.05) is 33.3 Å². The average Bonchev–Trinajstić information content (AvgIpc) is 2.82. The Kier molecular flexibility index (Phi) is 7.67. The number of nitrogens with one attached hydrogen (secondary N) is 1. The summed E-state index contributed by atoms with van der Waals surface area (Å²) in [5.41, 5.74) is 6.66. The number of aromatic nitrogens is 1. The SMILES string of the molecule is COc1c(-c2ccncc2)cccc1S(=O)(=O)N[C@@H](C(N)=O)C(=O)N1CCN(C(C)C)CC1. The van der Waals surface area contributed by atoms with Crippen LogP contribution in [0, 0.1) is 0 Å². The van der Waals surface area contributed by atoms with E-state index in [9.17, 15) is 18.0 Å². The molecule has 3 N–H and O–H groups in total. The first-order valence-corrected chi connectivity index (χ1v) is 12.1. The Morgan fingerprint density at radius 1 is 1.09 bits per heavy atom. The number of hydrogen-bond donors (Lipinski definition) is 2. The summed E-state index contributed by atoms with van der Waals surface area (Å²) in [7, 11) is -2.98. The summed E-state index contributed by atoms with van der Waals surface area (Å²) in [6.07, 6.45) is 3.16. The second-order valence-corrected chi connectivity index (χ2v) is 9.67. The lowest BCUT2D eigenvalue weighted by molar-refractivity contribution is -0.139. The van der Waals surface area contributed by atoms with Gasteiger partial charge in [-0.25, -0.2) is 8.42 Å². The van der Waals surface area contributed by atoms with E-state index < -0.39 is 27.9 Å². The zero-order valence-electron chi connectivity index (χ0n) is 18.9. The minimum atomic E-state index is -4.34. The van der Waals surface area contributed by atoms with Gasteiger partial charge >= 0.3 is 0 Å². The molecule has 178 valence electrons. The molecule has 1 aliphatic rings. The Morgan fingerprint density at radius 2 is 1.73 bits per heavy atom. The molecule has 10 nitrogen and oxygen atoms in total. The number of para-hydroxylation sites is 1. The van der Waals surface area contributed by atoms with E-state index in [-0.39, 0.29) is 10.6 Å². The van der Waals surface area contributed by atoms with Gasteiger partial charge in [-0.2, -0.15) is 4.72 Å². The predicted octanol–water partition coefficient (Wildman–Crippen LogP) is 0.442. The fourth-order valence-electron chi connectivity index (χ4n) is 3.79. The molecule has 1 saturated heterocycles. The summed E-state index contributed by atoms with van der Waals surface area (Å²) >= 11 is 0. The van der Waals surface area contributed by atoms with Crippen molar-refractivity contribution in [2.24, 2.45) is 5.73 Å². The molecule has 0 unspecified atom stereocenters. The predicted molar refractivity (Wildman–Crippen MR) is 123 cm³/mol. The molecule has 11 heteroatoms. The standard InChI is InChI=1S/C22H29N5O5S/c1-15(2)26-11-13-27(14-12-26)22(29)19(21(23)28)25-33(30,31)18-6-4-5-17(20(18)32-3)16-7-9-24-10-8-16/h4-10,15,19,25H,11-14H2,1-3H3,(H2,23,28)/t19-/m0/s1. The summed E-state index contributed by atoms with van der Waals surface area (Å²) in [6, 6.07) is 6.64. The van der Waals surface area contributed by atoms with Gasteiger partial charge in [0.1, 0.15) is 10.6 Å². The third kappa shape index (κ3) is 5.49. The Hall–Kier alpha value is -3.02. The number of pyridine rings is 1. The van der Waals surface area contributed by atoms with Crippen LogP contribution in [-0.2, 0) is 19.6 Å². The summed E-state index contributed by atoms with van der Waals surface area (Å²) in [5.74, 6) is -1.66. The van der Waals surface area contributed by atoms with Crippen molar-refractivity contribution in [1.82, 2.24) is 19.5 Å². The average molecular weight is 476 g/mol. The first-order valence-electron chi connectivity index (χ1n) is 10.6. The summed E-state index contributed by atoms with van der Waals surface area (Å²) in [6.45, 7) is 6.14. The number of nitrogens with zero attached hydrogens (tertiary/aromatic N) is 3. The summed E-state index contributed by atoms with van der Waals surface area (Å²) in [5, 5.41) is 0. The van der Waals surface area contributed by atoms with Crippen LogP contribution in [0.25, 0.3) is 11.1 Å². The number of amides is 2. The number of methoxy groups -OCH3 is 1. The van der Waals surface area contributed by atoms with Gasteiger partial charge in [-0.1, -0.05) is 12.1 Å². The van der Waals surface area contributed by atoms with Gasteiger partial charge in [0.2, 0.25) is 15.9 Å². The Morgan fingerprint density at radius 3 is 2.27 bits per heavy atom. The highest BCUT2D eigenvalue weighted by atomic mass is 32.2. The van der Waals surface area contributed by atoms with E-state index >= 15 is 0 Å². The van der Waals surface area contributed by atoms with Crippen molar-refractivity contribution in [3.63, 3.8) is 0 Å². The number of carbonyl (C=O) groups is 2. The van der Waals surface area contributed by atoms with E-state index in [2.05, 4.69) is 28.5 Å². The molecule has 2 aromatic rings. The number of piperazine rings is 1. The molecule has 0 radical (unpaired) electrons. The molecule has 1 aromatic carbocycles. The molecule has 0 spiro atoms. The zero-order valence-corrected chi connectivity index (χ0v) is 19.7. The highest BCUT2D eigenvalue weighted by Gasteiger charge is 2.36. The molecule has 1 aromatic heterocycles. The van der Waals surface area contributed by atoms with Gasteiger partial charge in [-0.3, -0.25) is 19.5 Å². The molecule has 1 fully saturated rings. The zero-order chi connectivity index (χ0) is 24.2. The molecule has 2 amide bonds. The van der Waals surface area contributed by atoms with Crippen molar-refractivity contribution in [1.29, 1.82) is 0 Å². The Labute approximate surface area is 193 Å². The van der Waals surface area contributed by atoms with Gasteiger partial charge in [0.15, 0.2) is 6.04 Å². The number of carbonyl (C=O) groups excluding carboxylic acids is 2. The van der Waals surface area contributed by atoms with Crippen LogP contribution in [0.5, 0.6) is 5.75 Å². The number of primary amides is 1. The molecule has 0 aliphatic carbocycles. The van der Waals surface area contributed by atoms with Crippen LogP contribution in [-0.4, -0.2) is 80.4 Å². The van der Waals surface area contributed by atoms with E-state index in [1.807, 2.05) is 0 Å². The first-order chi connectivity index (χ1) is 15.7. The third-order valence-electron chi connectivity index (χ3n) is 5.62. The van der Waals surface area contributed by atoms with Crippen LogP contribution >= 0.6 is 0 Å². The normalized spacial score (nSPS) is 15.9. The van der Waals surface area contributed by atoms with Crippen molar-refractivity contribution < 1.29 is 22.7 Å². The molecular formula is C22H29N5O5S. The van der Waals surface area contributed by atoms with E-state index in [0.717, 1.165) is 0 Å². The molecule has 0 saturated carbocycles. The van der Waals surface area contributed by atoms with E-state index in [4.69, 9.17) is 10.5 Å². The lowest BCUT2D eigenvalue weighted by atomic mass is 10.1. The number of nitrogens with two attached hydrogens (primary N) is 1. The second-order valence-electron chi connectivity index (χ2n) is 7.98. The van der Waals surface area contributed by atoms with Gasteiger partial charge in [0.05, 0.1) is 7.11 Å². The molecule has 1 aliphatic heterocycles. The fraction of sp³-hybridized carbons (Fsp3) is 0.409. The summed E-state index contributed by atoms with van der Waals surface area (Å²) < 4.78 is 34.1. The van der Waals surface area contributed by atoms with Gasteiger partial charge in [-0.15, -0.1) is 0 Å². The van der Waals surface area contributed by atoms with Crippen LogP contribution in [0.4, 0.5) is 0 Å². The minimum Gasteiger partial charge on any atom is -0.495 e. The number of sulfonamides is 1. The summed E-state index contributed by atoms with van der Waals surface area (Å²) in [4.78, 5) is 32.5. The minimum absolute atomic E-state index is 0.0809. The highest BCUT2D eigenvalue weighted by molar-refractivity contribution is 7.89. The molecule has 2 heterocycles. The maximum atomic E-state index is 13.2. The number of ether oxygens (including phenoxy) is 1. The third-order valence-corrected chi connectivity index (χ3v) is 7.07. The monoisotopic (exact) mass is 475 g/mol. The largest absolute Gasteiger partial charge is 0.495 e. The first kappa shape index (κ1) is 24.6. The lowest BCUT2D eigenvalue weighted by Crippen LogP contribution is -2.59. The van der Waals surface area contributed by atoms with Crippen molar-refractivity contribution in [3.8, 4) is 16.9 Å². The van der Waals surface area contributed by atoms with E-state index in [1.165, 1.54) is 18.1 Å². The van der Waals surface area contributed by atoms with Crippen LogP contribution in [0.1, 0.15) is 13.8 Å². The van der Waals surface area contributed by atoms with Gasteiger partial charge < -0.3 is 15.4 Å². The topological polar surface area (TPSA) is 135 Å². The van der Waals surface area contributed by atoms with Gasteiger partial charge in [0.25, 0.3) is 5.91 Å². The molecule has 33 heavy (non-hydrogen) atoms. The second kappa shape index (κ2) is 10.3. The number of hydrogen-bond acceptors (Lipinski definition) is 7. The highest BCUT2D eigenvalue weighted by Crippen LogP contribution is 2.35. The maximum absolute atomic E-state index is 13.2. The molecule has 1 atom stereocenters. The van der Waals surface area contributed by atoms with Crippen LogP contribution in [0.2, 0.25) is 0 Å². The smallest absolute Gasteiger partial charge is 0.250 e. The lowest BCUT2D eigenvalue weighted by Gasteiger charge is -2.37. The van der Waals surface area contributed by atoms with Crippen LogP contribution in [0.15, 0.2) is 47.6 Å². The van der Waals surface area contributed by atoms with Crippen molar-refractivity contribution in [3.05, 3.63) is 42.7 Å². The maximum Gasteiger partial charge on any atom is 0.250 e. The molecular weight excluding hydrogens is 446 g/mol. The van der Waals surface area contributed by atoms with Crippen molar-refractivity contribution >= 4 is 21.8 Å². The quantitative estimate of drug-likeness (QED) is 0.529.